The monoisotopic (exact) mass is 298 g/mol. The molecule has 17 heavy (non-hydrogen) atoms. The van der Waals surface area contributed by atoms with Crippen molar-refractivity contribution in [3.05, 3.63) is 28.7 Å². The number of halogens is 1. The van der Waals surface area contributed by atoms with Gasteiger partial charge in [0.25, 0.3) is 0 Å². The molecular weight excluding hydrogens is 280 g/mol. The summed E-state index contributed by atoms with van der Waals surface area (Å²) >= 11 is 3.59. The summed E-state index contributed by atoms with van der Waals surface area (Å²) in [5.74, 6) is 0. The summed E-state index contributed by atoms with van der Waals surface area (Å²) in [6.07, 6.45) is -0.330. The van der Waals surface area contributed by atoms with E-state index in [0.29, 0.717) is 13.1 Å². The summed E-state index contributed by atoms with van der Waals surface area (Å²) < 4.78 is 1.07. The van der Waals surface area contributed by atoms with Gasteiger partial charge in [-0.25, -0.2) is 0 Å². The molecule has 4 heteroatoms. The molecule has 0 saturated carbocycles. The minimum Gasteiger partial charge on any atom is -0.390 e. The largest absolute Gasteiger partial charge is 0.390 e. The normalized spacial score (nSPS) is 24.5. The Morgan fingerprint density at radius 2 is 2.12 bits per heavy atom. The van der Waals surface area contributed by atoms with Crippen LogP contribution in [-0.4, -0.2) is 36.4 Å². The van der Waals surface area contributed by atoms with Gasteiger partial charge in [-0.1, -0.05) is 12.1 Å². The summed E-state index contributed by atoms with van der Waals surface area (Å²) in [5, 5.41) is 13.2. The third-order valence-electron chi connectivity index (χ3n) is 3.20. The van der Waals surface area contributed by atoms with Gasteiger partial charge in [-0.3, -0.25) is 0 Å². The van der Waals surface area contributed by atoms with Gasteiger partial charge in [0.05, 0.1) is 11.8 Å². The molecule has 0 spiro atoms. The van der Waals surface area contributed by atoms with Crippen molar-refractivity contribution in [2.75, 3.05) is 24.5 Å². The van der Waals surface area contributed by atoms with E-state index in [2.05, 4.69) is 46.1 Å². The number of hydrogen-bond acceptors (Lipinski definition) is 3. The lowest BCUT2D eigenvalue weighted by atomic mass is 10.0. The number of anilines is 1. The molecule has 1 unspecified atom stereocenters. The van der Waals surface area contributed by atoms with Crippen molar-refractivity contribution in [2.45, 2.75) is 25.5 Å². The van der Waals surface area contributed by atoms with Crippen LogP contribution < -0.4 is 10.2 Å². The Bertz CT molecular complexity index is 395. The fraction of sp³-hybridized carbons (Fsp3) is 0.538. The standard InChI is InChI=1S/C13H19BrN2O/c1-13(2)9-15-7-10(17)8-16(13)12-6-4-3-5-11(12)14/h3-6,10,15,17H,7-9H2,1-2H3. The number of nitrogens with one attached hydrogen (secondary N) is 1. The van der Waals surface area contributed by atoms with Gasteiger partial charge >= 0.3 is 0 Å². The molecule has 0 radical (unpaired) electrons. The second-order valence-electron chi connectivity index (χ2n) is 5.16. The first-order valence-electron chi connectivity index (χ1n) is 5.92. The Kier molecular flexibility index (Phi) is 3.76. The van der Waals surface area contributed by atoms with Crippen LogP contribution in [0.3, 0.4) is 0 Å². The number of aliphatic hydroxyl groups excluding tert-OH is 1. The van der Waals surface area contributed by atoms with Gasteiger partial charge < -0.3 is 15.3 Å². The first-order valence-corrected chi connectivity index (χ1v) is 6.71. The van der Waals surface area contributed by atoms with Crippen LogP contribution in [0.2, 0.25) is 0 Å². The Balaban J connectivity index is 2.36. The minimum absolute atomic E-state index is 0.0125. The fourth-order valence-corrected chi connectivity index (χ4v) is 2.76. The van der Waals surface area contributed by atoms with Crippen LogP contribution in [0.15, 0.2) is 28.7 Å². The Hall–Kier alpha value is -0.580. The van der Waals surface area contributed by atoms with Crippen LogP contribution in [-0.2, 0) is 0 Å². The Morgan fingerprint density at radius 1 is 1.41 bits per heavy atom. The zero-order chi connectivity index (χ0) is 12.5. The summed E-state index contributed by atoms with van der Waals surface area (Å²) in [6, 6.07) is 8.16. The van der Waals surface area contributed by atoms with E-state index in [1.54, 1.807) is 0 Å². The Morgan fingerprint density at radius 3 is 2.82 bits per heavy atom. The number of hydrogen-bond donors (Lipinski definition) is 2. The van der Waals surface area contributed by atoms with Crippen molar-refractivity contribution in [1.29, 1.82) is 0 Å². The predicted molar refractivity (Wildman–Crippen MR) is 74.4 cm³/mol. The lowest BCUT2D eigenvalue weighted by Gasteiger charge is -2.39. The van der Waals surface area contributed by atoms with Crippen molar-refractivity contribution in [3.63, 3.8) is 0 Å². The number of β-amino-alcohol motifs (C(OH)–C–C–N with tert-alkyl or cyclic N) is 1. The van der Waals surface area contributed by atoms with Gasteiger partial charge in [-0.15, -0.1) is 0 Å². The first kappa shape index (κ1) is 12.9. The summed E-state index contributed by atoms with van der Waals surface area (Å²) in [4.78, 5) is 2.27. The average Bonchev–Trinajstić information content (AvgIpc) is 2.38. The van der Waals surface area contributed by atoms with Gasteiger partial charge in [0, 0.05) is 29.6 Å². The van der Waals surface area contributed by atoms with E-state index in [4.69, 9.17) is 0 Å². The smallest absolute Gasteiger partial charge is 0.0839 e. The van der Waals surface area contributed by atoms with E-state index in [1.165, 1.54) is 0 Å². The number of para-hydroxylation sites is 1. The highest BCUT2D eigenvalue weighted by molar-refractivity contribution is 9.10. The molecule has 2 rings (SSSR count). The van der Waals surface area contributed by atoms with Crippen molar-refractivity contribution < 1.29 is 5.11 Å². The molecular formula is C13H19BrN2O. The predicted octanol–water partition coefficient (Wildman–Crippen LogP) is 2.00. The van der Waals surface area contributed by atoms with Crippen molar-refractivity contribution in [3.8, 4) is 0 Å². The van der Waals surface area contributed by atoms with Crippen LogP contribution in [0.25, 0.3) is 0 Å². The van der Waals surface area contributed by atoms with Crippen LogP contribution in [0.4, 0.5) is 5.69 Å². The number of nitrogens with zero attached hydrogens (tertiary/aromatic N) is 1. The molecule has 1 atom stereocenters. The highest BCUT2D eigenvalue weighted by atomic mass is 79.9. The second kappa shape index (κ2) is 4.96. The van der Waals surface area contributed by atoms with Crippen molar-refractivity contribution in [2.24, 2.45) is 0 Å². The molecule has 2 N–H and O–H groups in total. The molecule has 0 aromatic heterocycles. The number of aliphatic hydroxyl groups is 1. The third-order valence-corrected chi connectivity index (χ3v) is 3.88. The van der Waals surface area contributed by atoms with E-state index in [1.807, 2.05) is 18.2 Å². The maximum atomic E-state index is 9.92. The van der Waals surface area contributed by atoms with E-state index in [-0.39, 0.29) is 11.6 Å². The van der Waals surface area contributed by atoms with Gasteiger partial charge in [-0.05, 0) is 41.9 Å². The summed E-state index contributed by atoms with van der Waals surface area (Å²) in [5.41, 5.74) is 1.13. The van der Waals surface area contributed by atoms with E-state index in [9.17, 15) is 5.11 Å². The quantitative estimate of drug-likeness (QED) is 0.832. The van der Waals surface area contributed by atoms with E-state index in [0.717, 1.165) is 16.7 Å². The van der Waals surface area contributed by atoms with Gasteiger partial charge in [0.1, 0.15) is 0 Å². The fourth-order valence-electron chi connectivity index (χ4n) is 2.26. The first-order chi connectivity index (χ1) is 8.00. The number of benzene rings is 1. The van der Waals surface area contributed by atoms with Gasteiger partial charge in [0.2, 0.25) is 0 Å². The molecule has 1 saturated heterocycles. The van der Waals surface area contributed by atoms with Crippen LogP contribution in [0.5, 0.6) is 0 Å². The maximum Gasteiger partial charge on any atom is 0.0839 e. The number of rotatable bonds is 1. The van der Waals surface area contributed by atoms with Crippen LogP contribution in [0, 0.1) is 0 Å². The average molecular weight is 299 g/mol. The lowest BCUT2D eigenvalue weighted by molar-refractivity contribution is 0.183. The molecule has 1 heterocycles. The maximum absolute atomic E-state index is 9.92. The molecule has 1 aromatic carbocycles. The SMILES string of the molecule is CC1(C)CNCC(O)CN1c1ccccc1Br. The molecule has 3 nitrogen and oxygen atoms in total. The minimum atomic E-state index is -0.330. The topological polar surface area (TPSA) is 35.5 Å². The highest BCUT2D eigenvalue weighted by Gasteiger charge is 2.32. The van der Waals surface area contributed by atoms with Crippen LogP contribution >= 0.6 is 15.9 Å². The molecule has 0 bridgehead atoms. The highest BCUT2D eigenvalue weighted by Crippen LogP contribution is 2.31. The molecule has 1 aliphatic rings. The molecule has 0 amide bonds. The Labute approximate surface area is 111 Å². The molecule has 1 aliphatic heterocycles. The van der Waals surface area contributed by atoms with E-state index < -0.39 is 0 Å². The third kappa shape index (κ3) is 2.81. The van der Waals surface area contributed by atoms with Crippen LogP contribution in [0.1, 0.15) is 13.8 Å². The van der Waals surface area contributed by atoms with Crippen molar-refractivity contribution >= 4 is 21.6 Å². The van der Waals surface area contributed by atoms with Gasteiger partial charge in [-0.2, -0.15) is 0 Å². The zero-order valence-corrected chi connectivity index (χ0v) is 11.9. The molecule has 1 aromatic rings. The summed E-state index contributed by atoms with van der Waals surface area (Å²) in [6.45, 7) is 6.56. The van der Waals surface area contributed by atoms with Gasteiger partial charge in [0.15, 0.2) is 0 Å². The summed E-state index contributed by atoms with van der Waals surface area (Å²) in [7, 11) is 0. The second-order valence-corrected chi connectivity index (χ2v) is 6.01. The van der Waals surface area contributed by atoms with E-state index >= 15 is 0 Å². The molecule has 94 valence electrons. The zero-order valence-electron chi connectivity index (χ0n) is 10.3. The lowest BCUT2D eigenvalue weighted by Crippen LogP contribution is -2.49. The van der Waals surface area contributed by atoms with Crippen molar-refractivity contribution in [1.82, 2.24) is 5.32 Å². The molecule has 0 aliphatic carbocycles. The molecule has 1 fully saturated rings.